The van der Waals surface area contributed by atoms with Crippen molar-refractivity contribution in [1.82, 2.24) is 15.3 Å². The summed E-state index contributed by atoms with van der Waals surface area (Å²) < 4.78 is 0. The van der Waals surface area contributed by atoms with Crippen LogP contribution in [0.3, 0.4) is 0 Å². The van der Waals surface area contributed by atoms with Crippen molar-refractivity contribution in [2.75, 3.05) is 0 Å². The van der Waals surface area contributed by atoms with Crippen molar-refractivity contribution in [3.63, 3.8) is 0 Å². The van der Waals surface area contributed by atoms with Crippen molar-refractivity contribution in [3.8, 4) is 0 Å². The Hall–Kier alpha value is -2.51. The molecule has 0 radical (unpaired) electrons. The molecule has 0 bridgehead atoms. The van der Waals surface area contributed by atoms with Crippen LogP contribution in [0.1, 0.15) is 23.3 Å². The molecule has 0 aliphatic rings. The van der Waals surface area contributed by atoms with Crippen molar-refractivity contribution in [2.24, 2.45) is 5.73 Å². The third-order valence-corrected chi connectivity index (χ3v) is 2.08. The number of carbonyl (C=O) groups excluding carboxylic acids is 2. The first-order chi connectivity index (χ1) is 8.50. The number of aromatic nitrogens is 2. The Morgan fingerprint density at radius 2 is 2.11 bits per heavy atom. The minimum absolute atomic E-state index is 0.00262. The molecule has 0 fully saturated rings. The van der Waals surface area contributed by atoms with Crippen molar-refractivity contribution < 1.29 is 19.5 Å². The van der Waals surface area contributed by atoms with Crippen LogP contribution >= 0.6 is 0 Å². The molecule has 1 aromatic heterocycles. The zero-order chi connectivity index (χ0) is 13.5. The number of primary amides is 1. The molecule has 1 rings (SSSR count). The van der Waals surface area contributed by atoms with E-state index < -0.39 is 23.8 Å². The predicted molar refractivity (Wildman–Crippen MR) is 59.4 cm³/mol. The van der Waals surface area contributed by atoms with Gasteiger partial charge in [0.15, 0.2) is 0 Å². The van der Waals surface area contributed by atoms with Crippen LogP contribution in [-0.2, 0) is 9.59 Å². The average Bonchev–Trinajstić information content (AvgIpc) is 2.34. The summed E-state index contributed by atoms with van der Waals surface area (Å²) in [6, 6.07) is -1.19. The Balaban J connectivity index is 2.64. The molecule has 2 amide bonds. The van der Waals surface area contributed by atoms with Gasteiger partial charge in [-0.25, -0.2) is 9.78 Å². The third-order valence-electron chi connectivity index (χ3n) is 2.08. The summed E-state index contributed by atoms with van der Waals surface area (Å²) in [6.45, 7) is 0. The second-order valence-electron chi connectivity index (χ2n) is 3.46. The molecule has 0 aliphatic carbocycles. The van der Waals surface area contributed by atoms with Crippen LogP contribution in [0.25, 0.3) is 0 Å². The summed E-state index contributed by atoms with van der Waals surface area (Å²) in [5.41, 5.74) is 4.92. The van der Waals surface area contributed by atoms with Crippen LogP contribution in [0.2, 0.25) is 0 Å². The molecule has 0 aromatic carbocycles. The van der Waals surface area contributed by atoms with Gasteiger partial charge in [-0.1, -0.05) is 0 Å². The first-order valence-electron chi connectivity index (χ1n) is 5.08. The number of hydrogen-bond acceptors (Lipinski definition) is 5. The van der Waals surface area contributed by atoms with Crippen LogP contribution in [-0.4, -0.2) is 38.9 Å². The van der Waals surface area contributed by atoms with E-state index in [1.54, 1.807) is 0 Å². The summed E-state index contributed by atoms with van der Waals surface area (Å²) in [7, 11) is 0. The standard InChI is InChI=1S/C10H12N4O4/c11-8(15)2-1-6(10(17)18)14-9(16)7-5-12-3-4-13-7/h3-6H,1-2H2,(H2,11,15)(H,14,16)(H,17,18)/t6-/m0/s1. The number of hydrogen-bond donors (Lipinski definition) is 3. The van der Waals surface area contributed by atoms with Crippen molar-refractivity contribution in [1.29, 1.82) is 0 Å². The number of rotatable bonds is 6. The van der Waals surface area contributed by atoms with E-state index in [9.17, 15) is 14.4 Å². The molecule has 8 heteroatoms. The largest absolute Gasteiger partial charge is 0.480 e. The molecule has 0 spiro atoms. The zero-order valence-electron chi connectivity index (χ0n) is 9.37. The molecule has 18 heavy (non-hydrogen) atoms. The van der Waals surface area contributed by atoms with Gasteiger partial charge in [0.25, 0.3) is 5.91 Å². The normalized spacial score (nSPS) is 11.6. The van der Waals surface area contributed by atoms with Gasteiger partial charge in [0.1, 0.15) is 11.7 Å². The number of carboxylic acid groups (broad SMARTS) is 1. The van der Waals surface area contributed by atoms with E-state index in [0.29, 0.717) is 0 Å². The molecule has 96 valence electrons. The van der Waals surface area contributed by atoms with Gasteiger partial charge < -0.3 is 16.2 Å². The molecule has 1 atom stereocenters. The van der Waals surface area contributed by atoms with Gasteiger partial charge in [0.05, 0.1) is 6.20 Å². The van der Waals surface area contributed by atoms with Gasteiger partial charge in [-0.3, -0.25) is 14.6 Å². The lowest BCUT2D eigenvalue weighted by Crippen LogP contribution is -2.41. The lowest BCUT2D eigenvalue weighted by Gasteiger charge is -2.12. The molecule has 8 nitrogen and oxygen atoms in total. The summed E-state index contributed by atoms with van der Waals surface area (Å²) in [6.07, 6.45) is 3.71. The number of nitrogens with zero attached hydrogens (tertiary/aromatic N) is 2. The second-order valence-corrected chi connectivity index (χ2v) is 3.46. The summed E-state index contributed by atoms with van der Waals surface area (Å²) in [5, 5.41) is 11.1. The smallest absolute Gasteiger partial charge is 0.326 e. The Morgan fingerprint density at radius 1 is 1.39 bits per heavy atom. The minimum Gasteiger partial charge on any atom is -0.480 e. The van der Waals surface area contributed by atoms with E-state index in [-0.39, 0.29) is 18.5 Å². The van der Waals surface area contributed by atoms with Gasteiger partial charge in [-0.15, -0.1) is 0 Å². The van der Waals surface area contributed by atoms with Crippen LogP contribution < -0.4 is 11.1 Å². The van der Waals surface area contributed by atoms with Crippen molar-refractivity contribution in [2.45, 2.75) is 18.9 Å². The van der Waals surface area contributed by atoms with Crippen LogP contribution in [0, 0.1) is 0 Å². The summed E-state index contributed by atoms with van der Waals surface area (Å²) >= 11 is 0. The first kappa shape index (κ1) is 13.6. The van der Waals surface area contributed by atoms with Gasteiger partial charge in [0.2, 0.25) is 5.91 Å². The molecule has 1 heterocycles. The number of nitrogens with two attached hydrogens (primary N) is 1. The van der Waals surface area contributed by atoms with Crippen LogP contribution in [0.4, 0.5) is 0 Å². The van der Waals surface area contributed by atoms with Crippen molar-refractivity contribution >= 4 is 17.8 Å². The highest BCUT2D eigenvalue weighted by atomic mass is 16.4. The number of nitrogens with one attached hydrogen (secondary N) is 1. The van der Waals surface area contributed by atoms with E-state index in [0.717, 1.165) is 0 Å². The quantitative estimate of drug-likeness (QED) is 0.589. The van der Waals surface area contributed by atoms with Gasteiger partial charge in [-0.05, 0) is 6.42 Å². The monoisotopic (exact) mass is 252 g/mol. The summed E-state index contributed by atoms with van der Waals surface area (Å²) in [4.78, 5) is 40.5. The van der Waals surface area contributed by atoms with Crippen LogP contribution in [0.15, 0.2) is 18.6 Å². The molecule has 1 aromatic rings. The first-order valence-corrected chi connectivity index (χ1v) is 5.08. The molecule has 0 aliphatic heterocycles. The highest BCUT2D eigenvalue weighted by Gasteiger charge is 2.21. The Morgan fingerprint density at radius 3 is 2.61 bits per heavy atom. The second kappa shape index (κ2) is 6.28. The van der Waals surface area contributed by atoms with E-state index in [4.69, 9.17) is 10.8 Å². The average molecular weight is 252 g/mol. The fourth-order valence-electron chi connectivity index (χ4n) is 1.19. The lowest BCUT2D eigenvalue weighted by molar-refractivity contribution is -0.139. The summed E-state index contributed by atoms with van der Waals surface area (Å²) in [5.74, 6) is -2.54. The highest BCUT2D eigenvalue weighted by Crippen LogP contribution is 1.99. The highest BCUT2D eigenvalue weighted by molar-refractivity contribution is 5.94. The Kier molecular flexibility index (Phi) is 4.73. The van der Waals surface area contributed by atoms with Crippen molar-refractivity contribution in [3.05, 3.63) is 24.3 Å². The van der Waals surface area contributed by atoms with Gasteiger partial charge in [0, 0.05) is 18.8 Å². The zero-order valence-corrected chi connectivity index (χ0v) is 9.37. The molecule has 0 saturated heterocycles. The number of amides is 2. The molecule has 0 saturated carbocycles. The number of carboxylic acids is 1. The maximum Gasteiger partial charge on any atom is 0.326 e. The van der Waals surface area contributed by atoms with Gasteiger partial charge >= 0.3 is 5.97 Å². The number of aliphatic carboxylic acids is 1. The minimum atomic E-state index is -1.24. The fraction of sp³-hybridized carbons (Fsp3) is 0.300. The topological polar surface area (TPSA) is 135 Å². The van der Waals surface area contributed by atoms with E-state index in [1.165, 1.54) is 18.6 Å². The number of carbonyl (C=O) groups is 3. The third kappa shape index (κ3) is 4.16. The molecular weight excluding hydrogens is 240 g/mol. The SMILES string of the molecule is NC(=O)CC[C@H](NC(=O)c1cnccn1)C(=O)O. The lowest BCUT2D eigenvalue weighted by atomic mass is 10.1. The van der Waals surface area contributed by atoms with E-state index in [2.05, 4.69) is 15.3 Å². The maximum atomic E-state index is 11.6. The Labute approximate surface area is 102 Å². The van der Waals surface area contributed by atoms with Crippen LogP contribution in [0.5, 0.6) is 0 Å². The maximum absolute atomic E-state index is 11.6. The Bertz CT molecular complexity index is 448. The van der Waals surface area contributed by atoms with E-state index >= 15 is 0 Å². The molecule has 4 N–H and O–H groups in total. The molecular formula is C10H12N4O4. The fourth-order valence-corrected chi connectivity index (χ4v) is 1.19. The van der Waals surface area contributed by atoms with Gasteiger partial charge in [-0.2, -0.15) is 0 Å². The predicted octanol–water partition coefficient (Wildman–Crippen LogP) is -1.07. The molecule has 0 unspecified atom stereocenters. The van der Waals surface area contributed by atoms with E-state index in [1.807, 2.05) is 0 Å².